The second-order valence-electron chi connectivity index (χ2n) is 4.85. The normalized spacial score (nSPS) is 10.6. The summed E-state index contributed by atoms with van der Waals surface area (Å²) in [5, 5.41) is 3.36. The molecular weight excluding hydrogens is 246 g/mol. The maximum Gasteiger partial charge on any atom is 0.137 e. The molecular formula is C17H23N3. The number of nitrogens with zero attached hydrogens (tertiary/aromatic N) is 2. The van der Waals surface area contributed by atoms with Gasteiger partial charge in [0.15, 0.2) is 0 Å². The predicted octanol–water partition coefficient (Wildman–Crippen LogP) is 3.52. The van der Waals surface area contributed by atoms with Gasteiger partial charge in [0.05, 0.1) is 0 Å². The summed E-state index contributed by atoms with van der Waals surface area (Å²) in [6.07, 6.45) is 2.92. The van der Waals surface area contributed by atoms with Gasteiger partial charge in [-0.1, -0.05) is 32.0 Å². The molecule has 0 radical (unpaired) electrons. The van der Waals surface area contributed by atoms with Gasteiger partial charge < -0.3 is 10.2 Å². The molecule has 0 saturated carbocycles. The average Bonchev–Trinajstić information content (AvgIpc) is 2.52. The molecule has 0 amide bonds. The minimum Gasteiger partial charge on any atom is -0.329 e. The van der Waals surface area contributed by atoms with E-state index in [1.807, 2.05) is 12.3 Å². The number of pyridine rings is 1. The Hall–Kier alpha value is -1.87. The van der Waals surface area contributed by atoms with E-state index in [-0.39, 0.29) is 0 Å². The van der Waals surface area contributed by atoms with Crippen molar-refractivity contribution < 1.29 is 0 Å². The van der Waals surface area contributed by atoms with Crippen LogP contribution < -0.4 is 10.2 Å². The summed E-state index contributed by atoms with van der Waals surface area (Å²) in [4.78, 5) is 6.68. The van der Waals surface area contributed by atoms with Crippen LogP contribution in [0.3, 0.4) is 0 Å². The summed E-state index contributed by atoms with van der Waals surface area (Å²) in [6, 6.07) is 12.8. The van der Waals surface area contributed by atoms with E-state index in [4.69, 9.17) is 0 Å². The molecule has 0 saturated heterocycles. The number of nitrogens with one attached hydrogen (secondary N) is 1. The molecule has 3 nitrogen and oxygen atoms in total. The highest BCUT2D eigenvalue weighted by atomic mass is 15.2. The van der Waals surface area contributed by atoms with Crippen LogP contribution in [-0.2, 0) is 13.0 Å². The van der Waals surface area contributed by atoms with Gasteiger partial charge in [-0.15, -0.1) is 0 Å². The summed E-state index contributed by atoms with van der Waals surface area (Å²) >= 11 is 0. The fourth-order valence-electron chi connectivity index (χ4n) is 2.21. The van der Waals surface area contributed by atoms with Crippen LogP contribution in [0.1, 0.15) is 25.0 Å². The van der Waals surface area contributed by atoms with Crippen molar-refractivity contribution in [2.24, 2.45) is 0 Å². The predicted molar refractivity (Wildman–Crippen MR) is 85.5 cm³/mol. The lowest BCUT2D eigenvalue weighted by atomic mass is 10.1. The SMILES string of the molecule is CCNCc1cccnc1N(C)c1ccc(CC)cc1. The Bertz CT molecular complexity index is 534. The molecule has 0 unspecified atom stereocenters. The second kappa shape index (κ2) is 7.06. The van der Waals surface area contributed by atoms with Gasteiger partial charge in [-0.25, -0.2) is 4.98 Å². The van der Waals surface area contributed by atoms with E-state index in [1.54, 1.807) is 0 Å². The van der Waals surface area contributed by atoms with Gasteiger partial charge in [0.1, 0.15) is 5.82 Å². The molecule has 1 aromatic heterocycles. The molecule has 3 heteroatoms. The van der Waals surface area contributed by atoms with E-state index in [1.165, 1.54) is 16.8 Å². The minimum absolute atomic E-state index is 0.844. The van der Waals surface area contributed by atoms with Gasteiger partial charge in [0.2, 0.25) is 0 Å². The number of aryl methyl sites for hydroxylation is 1. The van der Waals surface area contributed by atoms with Crippen LogP contribution in [0.4, 0.5) is 11.5 Å². The van der Waals surface area contributed by atoms with Crippen LogP contribution >= 0.6 is 0 Å². The topological polar surface area (TPSA) is 28.2 Å². The number of aromatic nitrogens is 1. The van der Waals surface area contributed by atoms with E-state index in [9.17, 15) is 0 Å². The third-order valence-electron chi connectivity index (χ3n) is 3.48. The van der Waals surface area contributed by atoms with Gasteiger partial charge in [0, 0.05) is 31.0 Å². The molecule has 0 aliphatic carbocycles. The standard InChI is InChI=1S/C17H23N3/c1-4-14-8-10-16(11-9-14)20(3)17-15(13-18-5-2)7-6-12-19-17/h6-12,18H,4-5,13H2,1-3H3. The van der Waals surface area contributed by atoms with Gasteiger partial charge in [-0.05, 0) is 36.7 Å². The van der Waals surface area contributed by atoms with Gasteiger partial charge in [0.25, 0.3) is 0 Å². The highest BCUT2D eigenvalue weighted by Crippen LogP contribution is 2.25. The van der Waals surface area contributed by atoms with Crippen molar-refractivity contribution in [3.8, 4) is 0 Å². The number of rotatable bonds is 6. The summed E-state index contributed by atoms with van der Waals surface area (Å²) < 4.78 is 0. The van der Waals surface area contributed by atoms with Crippen LogP contribution in [-0.4, -0.2) is 18.6 Å². The molecule has 106 valence electrons. The number of benzene rings is 1. The monoisotopic (exact) mass is 269 g/mol. The van der Waals surface area contributed by atoms with Gasteiger partial charge >= 0.3 is 0 Å². The van der Waals surface area contributed by atoms with E-state index < -0.39 is 0 Å². The van der Waals surface area contributed by atoms with Crippen molar-refractivity contribution in [3.63, 3.8) is 0 Å². The lowest BCUT2D eigenvalue weighted by Crippen LogP contribution is -2.18. The summed E-state index contributed by atoms with van der Waals surface area (Å²) in [5.41, 5.74) is 3.74. The first-order valence-electron chi connectivity index (χ1n) is 7.23. The fourth-order valence-corrected chi connectivity index (χ4v) is 2.21. The van der Waals surface area contributed by atoms with Crippen molar-refractivity contribution >= 4 is 11.5 Å². The Morgan fingerprint density at radius 1 is 1.10 bits per heavy atom. The summed E-state index contributed by atoms with van der Waals surface area (Å²) in [6.45, 7) is 6.09. The zero-order valence-electron chi connectivity index (χ0n) is 12.6. The first-order valence-corrected chi connectivity index (χ1v) is 7.23. The largest absolute Gasteiger partial charge is 0.329 e. The van der Waals surface area contributed by atoms with Crippen molar-refractivity contribution in [2.75, 3.05) is 18.5 Å². The lowest BCUT2D eigenvalue weighted by molar-refractivity contribution is 0.723. The molecule has 20 heavy (non-hydrogen) atoms. The molecule has 1 aromatic carbocycles. The second-order valence-corrected chi connectivity index (χ2v) is 4.85. The van der Waals surface area contributed by atoms with E-state index in [2.05, 4.69) is 66.4 Å². The van der Waals surface area contributed by atoms with Gasteiger partial charge in [-0.3, -0.25) is 0 Å². The van der Waals surface area contributed by atoms with Gasteiger partial charge in [-0.2, -0.15) is 0 Å². The van der Waals surface area contributed by atoms with Crippen molar-refractivity contribution in [3.05, 3.63) is 53.7 Å². The Morgan fingerprint density at radius 2 is 1.85 bits per heavy atom. The molecule has 0 atom stereocenters. The van der Waals surface area contributed by atoms with E-state index in [0.717, 1.165) is 25.3 Å². The summed E-state index contributed by atoms with van der Waals surface area (Å²) in [7, 11) is 2.07. The minimum atomic E-state index is 0.844. The molecule has 1 N–H and O–H groups in total. The highest BCUT2D eigenvalue weighted by molar-refractivity contribution is 5.62. The van der Waals surface area contributed by atoms with Crippen molar-refractivity contribution in [1.82, 2.24) is 10.3 Å². The Morgan fingerprint density at radius 3 is 2.50 bits per heavy atom. The van der Waals surface area contributed by atoms with Crippen LogP contribution in [0, 0.1) is 0 Å². The fraction of sp³-hybridized carbons (Fsp3) is 0.353. The molecule has 0 aliphatic rings. The zero-order chi connectivity index (χ0) is 14.4. The third kappa shape index (κ3) is 3.36. The first kappa shape index (κ1) is 14.5. The zero-order valence-corrected chi connectivity index (χ0v) is 12.6. The lowest BCUT2D eigenvalue weighted by Gasteiger charge is -2.21. The Kier molecular flexibility index (Phi) is 5.13. The molecule has 1 heterocycles. The third-order valence-corrected chi connectivity index (χ3v) is 3.48. The van der Waals surface area contributed by atoms with Crippen LogP contribution in [0.25, 0.3) is 0 Å². The number of hydrogen-bond donors (Lipinski definition) is 1. The summed E-state index contributed by atoms with van der Waals surface area (Å²) in [5.74, 6) is 1.01. The Labute approximate surface area is 121 Å². The van der Waals surface area contributed by atoms with Crippen molar-refractivity contribution in [2.45, 2.75) is 26.8 Å². The smallest absolute Gasteiger partial charge is 0.137 e. The van der Waals surface area contributed by atoms with E-state index >= 15 is 0 Å². The van der Waals surface area contributed by atoms with Crippen molar-refractivity contribution in [1.29, 1.82) is 0 Å². The molecule has 0 spiro atoms. The molecule has 0 aliphatic heterocycles. The first-order chi connectivity index (χ1) is 9.76. The van der Waals surface area contributed by atoms with Crippen LogP contribution in [0.5, 0.6) is 0 Å². The quantitative estimate of drug-likeness (QED) is 0.869. The molecule has 2 rings (SSSR count). The van der Waals surface area contributed by atoms with Crippen LogP contribution in [0.2, 0.25) is 0 Å². The highest BCUT2D eigenvalue weighted by Gasteiger charge is 2.10. The van der Waals surface area contributed by atoms with Crippen LogP contribution in [0.15, 0.2) is 42.6 Å². The number of hydrogen-bond acceptors (Lipinski definition) is 3. The molecule has 2 aromatic rings. The number of anilines is 2. The molecule has 0 bridgehead atoms. The molecule has 0 fully saturated rings. The maximum absolute atomic E-state index is 4.54. The van der Waals surface area contributed by atoms with E-state index in [0.29, 0.717) is 0 Å². The Balaban J connectivity index is 2.24. The maximum atomic E-state index is 4.54. The average molecular weight is 269 g/mol.